The lowest BCUT2D eigenvalue weighted by Gasteiger charge is -2.11. The minimum atomic E-state index is -0.493. The molecule has 3 aromatic rings. The van der Waals surface area contributed by atoms with E-state index in [4.69, 9.17) is 21.6 Å². The minimum absolute atomic E-state index is 0.0141. The summed E-state index contributed by atoms with van der Waals surface area (Å²) in [4.78, 5) is 4.43. The van der Waals surface area contributed by atoms with Crippen LogP contribution in [-0.2, 0) is 0 Å². The second-order valence-corrected chi connectivity index (χ2v) is 6.04. The zero-order chi connectivity index (χ0) is 17.4. The van der Waals surface area contributed by atoms with Gasteiger partial charge >= 0.3 is 0 Å². The molecule has 126 valence electrons. The zero-order valence-electron chi connectivity index (χ0n) is 12.8. The maximum absolute atomic E-state index is 13.3. The summed E-state index contributed by atoms with van der Waals surface area (Å²) in [6, 6.07) is 6.48. The maximum atomic E-state index is 13.3. The first-order valence-electron chi connectivity index (χ1n) is 7.57. The number of benzene rings is 1. The normalized spacial score (nSPS) is 13.5. The number of nitrogens with one attached hydrogen (secondary N) is 2. The van der Waals surface area contributed by atoms with Crippen LogP contribution in [0, 0.1) is 17.3 Å². The fourth-order valence-electron chi connectivity index (χ4n) is 2.39. The lowest BCUT2D eigenvalue weighted by molar-refractivity contribution is 0.511. The molecule has 2 aromatic heterocycles. The van der Waals surface area contributed by atoms with E-state index in [2.05, 4.69) is 20.7 Å². The van der Waals surface area contributed by atoms with Crippen LogP contribution in [0.25, 0.3) is 5.65 Å². The fraction of sp³-hybridized carbons (Fsp3) is 0.188. The van der Waals surface area contributed by atoms with Crippen LogP contribution in [0.4, 0.5) is 21.7 Å². The highest BCUT2D eigenvalue weighted by molar-refractivity contribution is 6.31. The summed E-state index contributed by atoms with van der Waals surface area (Å²) in [5.41, 5.74) is 0.978. The van der Waals surface area contributed by atoms with Crippen LogP contribution in [0.3, 0.4) is 0 Å². The Hall–Kier alpha value is -3.05. The van der Waals surface area contributed by atoms with E-state index in [1.807, 2.05) is 0 Å². The highest BCUT2D eigenvalue weighted by Crippen LogP contribution is 2.30. The number of halogens is 2. The lowest BCUT2D eigenvalue weighted by atomic mass is 10.3. The van der Waals surface area contributed by atoms with Crippen molar-refractivity contribution in [2.24, 2.45) is 0 Å². The number of rotatable bonds is 5. The molecule has 1 fully saturated rings. The average molecular weight is 359 g/mol. The molecule has 0 bridgehead atoms. The van der Waals surface area contributed by atoms with E-state index < -0.39 is 5.82 Å². The molecule has 4 rings (SSSR count). The second-order valence-electron chi connectivity index (χ2n) is 5.64. The maximum Gasteiger partial charge on any atom is 0.292 e. The molecule has 2 heterocycles. The largest absolute Gasteiger partial charge is 0.382 e. The van der Waals surface area contributed by atoms with Crippen LogP contribution in [0.15, 0.2) is 30.5 Å². The third-order valence-corrected chi connectivity index (χ3v) is 4.01. The van der Waals surface area contributed by atoms with Gasteiger partial charge in [-0.3, -0.25) is 0 Å². The molecule has 1 saturated carbocycles. The number of hydrogen-bond donors (Lipinski definition) is 2. The van der Waals surface area contributed by atoms with Crippen molar-refractivity contribution in [3.8, 4) is 12.0 Å². The number of fused-ring (bicyclic) bond motifs is 1. The van der Waals surface area contributed by atoms with Gasteiger partial charge in [-0.25, -0.2) is 9.37 Å². The number of anilines is 3. The number of ether oxygens (including phenoxy) is 1. The molecule has 0 atom stereocenters. The molecular weight excluding hydrogens is 347 g/mol. The van der Waals surface area contributed by atoms with Gasteiger partial charge in [0.2, 0.25) is 11.4 Å². The van der Waals surface area contributed by atoms with Gasteiger partial charge < -0.3 is 15.4 Å². The Morgan fingerprint density at radius 1 is 1.36 bits per heavy atom. The summed E-state index contributed by atoms with van der Waals surface area (Å²) in [7, 11) is 0. The lowest BCUT2D eigenvalue weighted by Crippen LogP contribution is -2.09. The highest BCUT2D eigenvalue weighted by Gasteiger charge is 2.23. The van der Waals surface area contributed by atoms with E-state index in [0.29, 0.717) is 23.2 Å². The molecule has 7 nitrogen and oxygen atoms in total. The number of nitrogens with zero attached hydrogens (tertiary/aromatic N) is 4. The molecule has 0 aliphatic heterocycles. The van der Waals surface area contributed by atoms with Gasteiger partial charge in [0.15, 0.2) is 0 Å². The zero-order valence-corrected chi connectivity index (χ0v) is 13.6. The monoisotopic (exact) mass is 358 g/mol. The third kappa shape index (κ3) is 3.14. The van der Waals surface area contributed by atoms with Gasteiger partial charge in [-0.05, 0) is 31.0 Å². The molecule has 1 aromatic carbocycles. The van der Waals surface area contributed by atoms with E-state index >= 15 is 0 Å². The van der Waals surface area contributed by atoms with Crippen molar-refractivity contribution in [2.75, 3.05) is 10.6 Å². The molecular formula is C16H12ClFN6O. The molecule has 1 aliphatic carbocycles. The molecule has 0 unspecified atom stereocenters. The number of nitriles is 1. The van der Waals surface area contributed by atoms with Gasteiger partial charge in [0.1, 0.15) is 17.5 Å². The summed E-state index contributed by atoms with van der Waals surface area (Å²) in [5, 5.41) is 19.4. The predicted octanol–water partition coefficient (Wildman–Crippen LogP) is 3.70. The van der Waals surface area contributed by atoms with Crippen molar-refractivity contribution in [2.45, 2.75) is 18.9 Å². The van der Waals surface area contributed by atoms with Crippen LogP contribution in [0.5, 0.6) is 5.75 Å². The quantitative estimate of drug-likeness (QED) is 0.676. The fourth-order valence-corrected chi connectivity index (χ4v) is 2.57. The smallest absolute Gasteiger partial charge is 0.292 e. The van der Waals surface area contributed by atoms with Gasteiger partial charge in [0.25, 0.3) is 6.26 Å². The van der Waals surface area contributed by atoms with Gasteiger partial charge in [-0.15, -0.1) is 5.26 Å². The van der Waals surface area contributed by atoms with Gasteiger partial charge in [-0.2, -0.15) is 9.61 Å². The van der Waals surface area contributed by atoms with E-state index in [-0.39, 0.29) is 10.8 Å². The second kappa shape index (κ2) is 6.11. The van der Waals surface area contributed by atoms with Gasteiger partial charge in [-0.1, -0.05) is 11.6 Å². The molecule has 25 heavy (non-hydrogen) atoms. The Labute approximate surface area is 147 Å². The van der Waals surface area contributed by atoms with Gasteiger partial charge in [0.05, 0.1) is 11.2 Å². The van der Waals surface area contributed by atoms with E-state index in [1.54, 1.807) is 22.9 Å². The first-order valence-corrected chi connectivity index (χ1v) is 7.95. The SMILES string of the molecule is N#COc1cnn2c(NC3CC3)cc(Nc3ccc(F)c(Cl)c3)nc12. The van der Waals surface area contributed by atoms with Crippen LogP contribution in [0.1, 0.15) is 12.8 Å². The Kier molecular flexibility index (Phi) is 3.78. The van der Waals surface area contributed by atoms with E-state index in [1.165, 1.54) is 18.3 Å². The van der Waals surface area contributed by atoms with Crippen molar-refractivity contribution in [1.29, 1.82) is 5.26 Å². The Morgan fingerprint density at radius 3 is 2.92 bits per heavy atom. The van der Waals surface area contributed by atoms with Gasteiger partial charge in [0, 0.05) is 17.8 Å². The van der Waals surface area contributed by atoms with Crippen molar-refractivity contribution >= 4 is 34.6 Å². The van der Waals surface area contributed by atoms with Crippen LogP contribution in [0.2, 0.25) is 5.02 Å². The van der Waals surface area contributed by atoms with Crippen molar-refractivity contribution in [3.63, 3.8) is 0 Å². The first-order chi connectivity index (χ1) is 12.1. The van der Waals surface area contributed by atoms with Crippen molar-refractivity contribution in [1.82, 2.24) is 14.6 Å². The Morgan fingerprint density at radius 2 is 2.20 bits per heavy atom. The topological polar surface area (TPSA) is 87.3 Å². The summed E-state index contributed by atoms with van der Waals surface area (Å²) < 4.78 is 19.8. The van der Waals surface area contributed by atoms with Crippen LogP contribution < -0.4 is 15.4 Å². The molecule has 0 spiro atoms. The molecule has 0 amide bonds. The number of hydrogen-bond acceptors (Lipinski definition) is 6. The minimum Gasteiger partial charge on any atom is -0.382 e. The van der Waals surface area contributed by atoms with Crippen LogP contribution >= 0.6 is 11.6 Å². The molecule has 9 heteroatoms. The third-order valence-electron chi connectivity index (χ3n) is 3.72. The van der Waals surface area contributed by atoms with E-state index in [0.717, 1.165) is 18.7 Å². The average Bonchev–Trinajstić information content (AvgIpc) is 3.31. The Bertz CT molecular complexity index is 994. The standard InChI is InChI=1S/C16H12ClFN6O/c17-11-5-10(3-4-12(11)18)21-14-6-15(22-9-1-2-9)24-16(23-14)13(7-20-24)25-8-19/h3-7,9,22H,1-2H2,(H,21,23). The summed E-state index contributed by atoms with van der Waals surface area (Å²) >= 11 is 5.81. The Balaban J connectivity index is 1.75. The van der Waals surface area contributed by atoms with Crippen molar-refractivity contribution in [3.05, 3.63) is 41.3 Å². The predicted molar refractivity (Wildman–Crippen MR) is 90.6 cm³/mol. The van der Waals surface area contributed by atoms with E-state index in [9.17, 15) is 4.39 Å². The summed E-state index contributed by atoms with van der Waals surface area (Å²) in [6.45, 7) is 0. The molecule has 1 aliphatic rings. The van der Waals surface area contributed by atoms with Crippen molar-refractivity contribution < 1.29 is 9.13 Å². The summed E-state index contributed by atoms with van der Waals surface area (Å²) in [5.74, 6) is 0.965. The first kappa shape index (κ1) is 15.5. The van der Waals surface area contributed by atoms with Crippen LogP contribution in [-0.4, -0.2) is 20.6 Å². The number of aromatic nitrogens is 3. The molecule has 0 saturated heterocycles. The molecule has 0 radical (unpaired) electrons. The summed E-state index contributed by atoms with van der Waals surface area (Å²) in [6.07, 6.45) is 5.23. The molecule has 2 N–H and O–H groups in total. The highest BCUT2D eigenvalue weighted by atomic mass is 35.5.